The molecule has 8 nitrogen and oxygen atoms in total. The fraction of sp³-hybridized carbons (Fsp3) is 0.211. The molecule has 0 unspecified atom stereocenters. The number of amides is 4. The van der Waals surface area contributed by atoms with Crippen molar-refractivity contribution in [2.75, 3.05) is 19.0 Å². The Labute approximate surface area is 155 Å². The van der Waals surface area contributed by atoms with Crippen LogP contribution in [0.15, 0.2) is 48.5 Å². The predicted molar refractivity (Wildman–Crippen MR) is 97.6 cm³/mol. The third-order valence-corrected chi connectivity index (χ3v) is 4.20. The highest BCUT2D eigenvalue weighted by atomic mass is 16.5. The van der Waals surface area contributed by atoms with E-state index >= 15 is 0 Å². The van der Waals surface area contributed by atoms with Gasteiger partial charge < -0.3 is 20.1 Å². The van der Waals surface area contributed by atoms with Crippen molar-refractivity contribution in [2.24, 2.45) is 0 Å². The van der Waals surface area contributed by atoms with E-state index in [0.29, 0.717) is 22.7 Å². The first-order chi connectivity index (χ1) is 12.9. The average molecular weight is 369 g/mol. The number of hydrogen-bond acceptors (Lipinski definition) is 5. The second-order valence-electron chi connectivity index (χ2n) is 6.13. The summed E-state index contributed by atoms with van der Waals surface area (Å²) in [6, 6.07) is 13.0. The zero-order chi connectivity index (χ0) is 19.4. The summed E-state index contributed by atoms with van der Waals surface area (Å²) in [7, 11) is 1.57. The minimum absolute atomic E-state index is 0.204. The third-order valence-electron chi connectivity index (χ3n) is 4.20. The Bertz CT molecular complexity index is 881. The first kappa shape index (κ1) is 18.2. The number of hydrogen-bond donors (Lipinski definition) is 3. The number of benzene rings is 2. The van der Waals surface area contributed by atoms with Gasteiger partial charge in [-0.2, -0.15) is 0 Å². The smallest absolute Gasteiger partial charge is 0.322 e. The fourth-order valence-corrected chi connectivity index (χ4v) is 2.66. The van der Waals surface area contributed by atoms with Gasteiger partial charge in [-0.3, -0.25) is 14.9 Å². The van der Waals surface area contributed by atoms with E-state index in [9.17, 15) is 14.4 Å². The number of nitrogens with one attached hydrogen (secondary N) is 3. The Hall–Kier alpha value is -3.55. The Morgan fingerprint density at radius 1 is 1.11 bits per heavy atom. The molecule has 1 saturated heterocycles. The predicted octanol–water partition coefficient (Wildman–Crippen LogP) is 1.77. The molecular formula is C19H19N3O5. The van der Waals surface area contributed by atoms with E-state index in [2.05, 4.69) is 16.0 Å². The van der Waals surface area contributed by atoms with Crippen molar-refractivity contribution in [3.63, 3.8) is 0 Å². The number of anilines is 1. The van der Waals surface area contributed by atoms with Gasteiger partial charge in [-0.1, -0.05) is 12.1 Å². The van der Waals surface area contributed by atoms with Gasteiger partial charge >= 0.3 is 6.03 Å². The zero-order valence-corrected chi connectivity index (χ0v) is 14.9. The van der Waals surface area contributed by atoms with Crippen LogP contribution in [0.3, 0.4) is 0 Å². The lowest BCUT2D eigenvalue weighted by atomic mass is 9.92. The lowest BCUT2D eigenvalue weighted by Gasteiger charge is -2.21. The number of carbonyl (C=O) groups is 3. The molecule has 0 saturated carbocycles. The van der Waals surface area contributed by atoms with Crippen molar-refractivity contribution in [3.8, 4) is 11.5 Å². The van der Waals surface area contributed by atoms with Gasteiger partial charge in [0, 0.05) is 5.69 Å². The van der Waals surface area contributed by atoms with Crippen molar-refractivity contribution >= 4 is 23.5 Å². The van der Waals surface area contributed by atoms with Crippen LogP contribution in [0.25, 0.3) is 0 Å². The van der Waals surface area contributed by atoms with E-state index < -0.39 is 17.5 Å². The summed E-state index contributed by atoms with van der Waals surface area (Å²) in [5.41, 5.74) is -0.00292. The fourth-order valence-electron chi connectivity index (χ4n) is 2.66. The first-order valence-electron chi connectivity index (χ1n) is 8.21. The Morgan fingerprint density at radius 3 is 2.48 bits per heavy atom. The zero-order valence-electron chi connectivity index (χ0n) is 14.9. The summed E-state index contributed by atoms with van der Waals surface area (Å²) in [5.74, 6) is 0.329. The Balaban J connectivity index is 1.62. The molecule has 1 aliphatic rings. The molecule has 4 amide bonds. The van der Waals surface area contributed by atoms with Crippen LogP contribution in [-0.2, 0) is 15.1 Å². The summed E-state index contributed by atoms with van der Waals surface area (Å²) in [6.45, 7) is 1.40. The minimum Gasteiger partial charge on any atom is -0.497 e. The molecule has 0 radical (unpaired) electrons. The lowest BCUT2D eigenvalue weighted by Crippen LogP contribution is -2.40. The number of ether oxygens (including phenoxy) is 2. The van der Waals surface area contributed by atoms with Gasteiger partial charge in [-0.05, 0) is 48.9 Å². The van der Waals surface area contributed by atoms with E-state index in [-0.39, 0.29) is 12.5 Å². The van der Waals surface area contributed by atoms with Gasteiger partial charge in [0.2, 0.25) is 0 Å². The van der Waals surface area contributed by atoms with Gasteiger partial charge in [-0.25, -0.2) is 4.79 Å². The molecule has 1 aliphatic heterocycles. The molecule has 0 aromatic heterocycles. The average Bonchev–Trinajstić information content (AvgIpc) is 2.94. The lowest BCUT2D eigenvalue weighted by molar-refractivity contribution is -0.123. The highest BCUT2D eigenvalue weighted by molar-refractivity contribution is 6.07. The van der Waals surface area contributed by atoms with Crippen LogP contribution in [-0.4, -0.2) is 31.6 Å². The molecule has 8 heteroatoms. The van der Waals surface area contributed by atoms with Crippen LogP contribution in [0.4, 0.5) is 10.5 Å². The van der Waals surface area contributed by atoms with E-state index in [1.165, 1.54) is 0 Å². The van der Waals surface area contributed by atoms with Gasteiger partial charge in [0.15, 0.2) is 6.61 Å². The van der Waals surface area contributed by atoms with Gasteiger partial charge in [-0.15, -0.1) is 0 Å². The highest BCUT2D eigenvalue weighted by Gasteiger charge is 2.43. The Kier molecular flexibility index (Phi) is 4.98. The Morgan fingerprint density at radius 2 is 1.85 bits per heavy atom. The van der Waals surface area contributed by atoms with E-state index in [4.69, 9.17) is 9.47 Å². The molecule has 3 rings (SSSR count). The second kappa shape index (κ2) is 7.36. The maximum atomic E-state index is 12.1. The molecule has 0 bridgehead atoms. The SMILES string of the molecule is COc1ccc(NC(=O)COc2cccc([C@@]3(C)NC(=O)NC3=O)c2)cc1. The number of rotatable bonds is 6. The number of urea groups is 1. The third kappa shape index (κ3) is 4.00. The van der Waals surface area contributed by atoms with Gasteiger partial charge in [0.1, 0.15) is 17.0 Å². The molecule has 1 atom stereocenters. The van der Waals surface area contributed by atoms with Gasteiger partial charge in [0.05, 0.1) is 7.11 Å². The molecule has 2 aromatic carbocycles. The van der Waals surface area contributed by atoms with Crippen LogP contribution in [0.5, 0.6) is 11.5 Å². The van der Waals surface area contributed by atoms with Crippen molar-refractivity contribution in [1.82, 2.24) is 10.6 Å². The summed E-state index contributed by atoms with van der Waals surface area (Å²) in [5, 5.41) is 7.51. The van der Waals surface area contributed by atoms with Crippen molar-refractivity contribution in [2.45, 2.75) is 12.5 Å². The minimum atomic E-state index is -1.18. The molecule has 140 valence electrons. The van der Waals surface area contributed by atoms with E-state index in [1.807, 2.05) is 0 Å². The van der Waals surface area contributed by atoms with Crippen molar-refractivity contribution < 1.29 is 23.9 Å². The first-order valence-corrected chi connectivity index (χ1v) is 8.21. The molecule has 2 aromatic rings. The molecule has 0 spiro atoms. The van der Waals surface area contributed by atoms with Crippen LogP contribution < -0.4 is 25.4 Å². The molecular weight excluding hydrogens is 350 g/mol. The molecule has 1 fully saturated rings. The quantitative estimate of drug-likeness (QED) is 0.673. The maximum absolute atomic E-state index is 12.1. The van der Waals surface area contributed by atoms with E-state index in [0.717, 1.165) is 0 Å². The molecule has 27 heavy (non-hydrogen) atoms. The van der Waals surface area contributed by atoms with Crippen molar-refractivity contribution in [1.29, 1.82) is 0 Å². The second-order valence-corrected chi connectivity index (χ2v) is 6.13. The highest BCUT2D eigenvalue weighted by Crippen LogP contribution is 2.27. The number of carbonyl (C=O) groups excluding carboxylic acids is 3. The summed E-state index contributed by atoms with van der Waals surface area (Å²) < 4.78 is 10.6. The van der Waals surface area contributed by atoms with Crippen LogP contribution in [0.1, 0.15) is 12.5 Å². The van der Waals surface area contributed by atoms with Crippen LogP contribution >= 0.6 is 0 Å². The normalized spacial score (nSPS) is 18.4. The maximum Gasteiger partial charge on any atom is 0.322 e. The number of methoxy groups -OCH3 is 1. The summed E-state index contributed by atoms with van der Waals surface area (Å²) in [4.78, 5) is 35.5. The van der Waals surface area contributed by atoms with Crippen molar-refractivity contribution in [3.05, 3.63) is 54.1 Å². The number of imide groups is 1. The largest absolute Gasteiger partial charge is 0.497 e. The molecule has 3 N–H and O–H groups in total. The molecule has 0 aliphatic carbocycles. The monoisotopic (exact) mass is 369 g/mol. The van der Waals surface area contributed by atoms with E-state index in [1.54, 1.807) is 62.6 Å². The molecule has 1 heterocycles. The van der Waals surface area contributed by atoms with Crippen LogP contribution in [0, 0.1) is 0 Å². The van der Waals surface area contributed by atoms with Crippen LogP contribution in [0.2, 0.25) is 0 Å². The summed E-state index contributed by atoms with van der Waals surface area (Å²) >= 11 is 0. The summed E-state index contributed by atoms with van der Waals surface area (Å²) in [6.07, 6.45) is 0. The topological polar surface area (TPSA) is 106 Å². The van der Waals surface area contributed by atoms with Gasteiger partial charge in [0.25, 0.3) is 11.8 Å². The standard InChI is InChI=1S/C19H19N3O5/c1-19(17(24)21-18(25)22-19)12-4-3-5-15(10-12)27-11-16(23)20-13-6-8-14(26-2)9-7-13/h3-10H,11H2,1-2H3,(H,20,23)(H2,21,22,24,25)/t19-/m1/s1.